The lowest BCUT2D eigenvalue weighted by molar-refractivity contribution is 0.139. The third kappa shape index (κ3) is 7.97. The SMILES string of the molecule is CN=C(NCCCCN1CC(C)CC(C)C1)NCc1ccc(S(C)(=O)=O)c(C)c1. The van der Waals surface area contributed by atoms with Crippen LogP contribution in [0.2, 0.25) is 0 Å². The standard InChI is InChI=1S/C22H38N4O2S/c1-17-12-18(2)16-26(15-17)11-7-6-10-24-22(23-4)25-14-20-8-9-21(19(3)13-20)29(5,27)28/h8-9,13,17-18H,6-7,10-12,14-16H2,1-5H3,(H2,23,24,25). The molecule has 2 rings (SSSR count). The van der Waals surface area contributed by atoms with Gasteiger partial charge in [0, 0.05) is 39.5 Å². The Balaban J connectivity index is 1.70. The fraction of sp³-hybridized carbons (Fsp3) is 0.682. The Morgan fingerprint density at radius 2 is 1.86 bits per heavy atom. The molecule has 0 bridgehead atoms. The van der Waals surface area contributed by atoms with Crippen LogP contribution in [0.15, 0.2) is 28.1 Å². The highest BCUT2D eigenvalue weighted by atomic mass is 32.2. The lowest BCUT2D eigenvalue weighted by Crippen LogP contribution is -2.40. The molecule has 7 heteroatoms. The second kappa shape index (κ2) is 11.0. The monoisotopic (exact) mass is 422 g/mol. The molecule has 1 aliphatic heterocycles. The van der Waals surface area contributed by atoms with Gasteiger partial charge in [-0.2, -0.15) is 0 Å². The maximum Gasteiger partial charge on any atom is 0.191 e. The summed E-state index contributed by atoms with van der Waals surface area (Å²) in [4.78, 5) is 7.27. The number of likely N-dealkylation sites (tertiary alicyclic amines) is 1. The Kier molecular flexibility index (Phi) is 8.96. The smallest absolute Gasteiger partial charge is 0.191 e. The number of unbranched alkanes of at least 4 members (excludes halogenated alkanes) is 1. The first-order valence-electron chi connectivity index (χ1n) is 10.7. The van der Waals surface area contributed by atoms with E-state index in [9.17, 15) is 8.42 Å². The molecule has 0 amide bonds. The van der Waals surface area contributed by atoms with Crippen molar-refractivity contribution < 1.29 is 8.42 Å². The Labute approximate surface area is 177 Å². The van der Waals surface area contributed by atoms with E-state index < -0.39 is 9.84 Å². The van der Waals surface area contributed by atoms with Crippen molar-refractivity contribution in [3.63, 3.8) is 0 Å². The predicted octanol–water partition coefficient (Wildman–Crippen LogP) is 2.82. The van der Waals surface area contributed by atoms with Crippen LogP contribution in [0.25, 0.3) is 0 Å². The van der Waals surface area contributed by atoms with Crippen molar-refractivity contribution in [1.82, 2.24) is 15.5 Å². The molecule has 29 heavy (non-hydrogen) atoms. The Hall–Kier alpha value is -1.60. The predicted molar refractivity (Wildman–Crippen MR) is 121 cm³/mol. The molecule has 2 unspecified atom stereocenters. The van der Waals surface area contributed by atoms with E-state index in [1.54, 1.807) is 13.1 Å². The molecule has 6 nitrogen and oxygen atoms in total. The highest BCUT2D eigenvalue weighted by Crippen LogP contribution is 2.21. The molecule has 0 aliphatic carbocycles. The highest BCUT2D eigenvalue weighted by Gasteiger charge is 2.20. The molecule has 0 radical (unpaired) electrons. The molecule has 2 N–H and O–H groups in total. The van der Waals surface area contributed by atoms with Gasteiger partial charge in [0.25, 0.3) is 0 Å². The van der Waals surface area contributed by atoms with Crippen LogP contribution in [-0.4, -0.2) is 58.8 Å². The van der Waals surface area contributed by atoms with Crippen molar-refractivity contribution in [2.24, 2.45) is 16.8 Å². The molecule has 0 saturated carbocycles. The number of aliphatic imine (C=N–C) groups is 1. The lowest BCUT2D eigenvalue weighted by Gasteiger charge is -2.34. The van der Waals surface area contributed by atoms with Crippen LogP contribution in [0.4, 0.5) is 0 Å². The summed E-state index contributed by atoms with van der Waals surface area (Å²) in [5.74, 6) is 2.40. The zero-order valence-corrected chi connectivity index (χ0v) is 19.5. The number of benzene rings is 1. The van der Waals surface area contributed by atoms with Gasteiger partial charge in [-0.3, -0.25) is 4.99 Å². The van der Waals surface area contributed by atoms with E-state index in [0.717, 1.165) is 41.9 Å². The summed E-state index contributed by atoms with van der Waals surface area (Å²) in [6, 6.07) is 5.45. The maximum atomic E-state index is 11.7. The maximum absolute atomic E-state index is 11.7. The quantitative estimate of drug-likeness (QED) is 0.383. The van der Waals surface area contributed by atoms with E-state index in [1.807, 2.05) is 19.1 Å². The topological polar surface area (TPSA) is 73.8 Å². The van der Waals surface area contributed by atoms with Gasteiger partial charge in [0.1, 0.15) is 0 Å². The highest BCUT2D eigenvalue weighted by molar-refractivity contribution is 7.90. The first kappa shape index (κ1) is 23.7. The second-order valence-corrected chi connectivity index (χ2v) is 10.6. The van der Waals surface area contributed by atoms with Crippen LogP contribution in [-0.2, 0) is 16.4 Å². The van der Waals surface area contributed by atoms with Gasteiger partial charge in [0.15, 0.2) is 15.8 Å². The number of aryl methyl sites for hydroxylation is 1. The van der Waals surface area contributed by atoms with Crippen LogP contribution in [0.5, 0.6) is 0 Å². The van der Waals surface area contributed by atoms with Crippen molar-refractivity contribution >= 4 is 15.8 Å². The largest absolute Gasteiger partial charge is 0.356 e. The molecule has 1 saturated heterocycles. The first-order chi connectivity index (χ1) is 13.7. The van der Waals surface area contributed by atoms with Crippen LogP contribution >= 0.6 is 0 Å². The van der Waals surface area contributed by atoms with Crippen LogP contribution in [0.1, 0.15) is 44.2 Å². The van der Waals surface area contributed by atoms with Gasteiger partial charge in [-0.1, -0.05) is 26.0 Å². The number of guanidine groups is 1. The zero-order valence-electron chi connectivity index (χ0n) is 18.7. The number of hydrogen-bond donors (Lipinski definition) is 2. The van der Waals surface area contributed by atoms with Crippen LogP contribution < -0.4 is 10.6 Å². The molecular formula is C22H38N4O2S. The Morgan fingerprint density at radius 1 is 1.17 bits per heavy atom. The van der Waals surface area contributed by atoms with Crippen molar-refractivity contribution in [3.05, 3.63) is 29.3 Å². The minimum Gasteiger partial charge on any atom is -0.356 e. The molecular weight excluding hydrogens is 384 g/mol. The van der Waals surface area contributed by atoms with Gasteiger partial charge in [-0.15, -0.1) is 0 Å². The fourth-order valence-corrected chi connectivity index (χ4v) is 5.24. The van der Waals surface area contributed by atoms with Crippen molar-refractivity contribution in [1.29, 1.82) is 0 Å². The Morgan fingerprint density at radius 3 is 2.45 bits per heavy atom. The minimum atomic E-state index is -3.18. The number of nitrogens with one attached hydrogen (secondary N) is 2. The summed E-state index contributed by atoms with van der Waals surface area (Å²) >= 11 is 0. The van der Waals surface area contributed by atoms with Crippen LogP contribution in [0, 0.1) is 18.8 Å². The average Bonchev–Trinajstić information content (AvgIpc) is 2.62. The number of sulfone groups is 1. The van der Waals surface area contributed by atoms with E-state index in [2.05, 4.69) is 34.4 Å². The third-order valence-corrected chi connectivity index (χ3v) is 6.72. The number of nitrogens with zero attached hydrogens (tertiary/aromatic N) is 2. The molecule has 1 aliphatic rings. The van der Waals surface area contributed by atoms with E-state index >= 15 is 0 Å². The van der Waals surface area contributed by atoms with Gasteiger partial charge in [0.05, 0.1) is 4.90 Å². The van der Waals surface area contributed by atoms with Gasteiger partial charge >= 0.3 is 0 Å². The molecule has 1 aromatic carbocycles. The summed E-state index contributed by atoms with van der Waals surface area (Å²) in [5, 5.41) is 6.67. The fourth-order valence-electron chi connectivity index (χ4n) is 4.29. The summed E-state index contributed by atoms with van der Waals surface area (Å²) in [6.07, 6.45) is 4.90. The molecule has 2 atom stereocenters. The van der Waals surface area contributed by atoms with Crippen LogP contribution in [0.3, 0.4) is 0 Å². The average molecular weight is 423 g/mol. The first-order valence-corrected chi connectivity index (χ1v) is 12.5. The van der Waals surface area contributed by atoms with E-state index in [0.29, 0.717) is 11.4 Å². The molecule has 0 spiro atoms. The molecule has 1 heterocycles. The summed E-state index contributed by atoms with van der Waals surface area (Å²) in [5.41, 5.74) is 1.81. The summed E-state index contributed by atoms with van der Waals surface area (Å²) < 4.78 is 23.5. The molecule has 164 valence electrons. The number of rotatable bonds is 8. The zero-order chi connectivity index (χ0) is 21.4. The summed E-state index contributed by atoms with van der Waals surface area (Å²) in [6.45, 7) is 11.7. The molecule has 1 fully saturated rings. The Bertz CT molecular complexity index is 782. The van der Waals surface area contributed by atoms with E-state index in [-0.39, 0.29) is 0 Å². The number of piperidine rings is 1. The van der Waals surface area contributed by atoms with Crippen molar-refractivity contribution in [3.8, 4) is 0 Å². The molecule has 0 aromatic heterocycles. The van der Waals surface area contributed by atoms with Crippen molar-refractivity contribution in [2.45, 2.75) is 51.5 Å². The van der Waals surface area contributed by atoms with Gasteiger partial charge in [-0.25, -0.2) is 8.42 Å². The minimum absolute atomic E-state index is 0.390. The second-order valence-electron chi connectivity index (χ2n) is 8.64. The molecule has 1 aromatic rings. The van der Waals surface area contributed by atoms with E-state index in [1.165, 1.54) is 38.7 Å². The third-order valence-electron chi connectivity index (χ3n) is 5.46. The van der Waals surface area contributed by atoms with Gasteiger partial charge in [0.2, 0.25) is 0 Å². The van der Waals surface area contributed by atoms with Crippen molar-refractivity contribution in [2.75, 3.05) is 39.5 Å². The summed E-state index contributed by atoms with van der Waals surface area (Å²) in [7, 11) is -1.41. The van der Waals surface area contributed by atoms with Gasteiger partial charge < -0.3 is 15.5 Å². The lowest BCUT2D eigenvalue weighted by atomic mass is 9.92. The van der Waals surface area contributed by atoms with E-state index in [4.69, 9.17) is 0 Å². The van der Waals surface area contributed by atoms with Gasteiger partial charge in [-0.05, 0) is 61.8 Å². The number of hydrogen-bond acceptors (Lipinski definition) is 4. The normalized spacial score (nSPS) is 21.2.